The number of hydrogen-bond acceptors (Lipinski definition) is 4. The molecule has 1 aromatic carbocycles. The van der Waals surface area contributed by atoms with E-state index in [4.69, 9.17) is 16.1 Å². The molecule has 1 unspecified atom stereocenters. The molecule has 4 nitrogen and oxygen atoms in total. The van der Waals surface area contributed by atoms with Gasteiger partial charge < -0.3 is 9.84 Å². The first-order chi connectivity index (χ1) is 9.72. The SMILES string of the molecule is Fc1c(Cl)cccc1Cc1noc(CC2CCNC2)n1. The molecule has 3 rings (SSSR count). The van der Waals surface area contributed by atoms with E-state index in [9.17, 15) is 4.39 Å². The van der Waals surface area contributed by atoms with E-state index >= 15 is 0 Å². The second kappa shape index (κ2) is 5.89. The lowest BCUT2D eigenvalue weighted by Gasteiger charge is -2.02. The van der Waals surface area contributed by atoms with Crippen LogP contribution in [0.5, 0.6) is 0 Å². The van der Waals surface area contributed by atoms with Gasteiger partial charge in [0.2, 0.25) is 5.89 Å². The third kappa shape index (κ3) is 2.99. The van der Waals surface area contributed by atoms with Crippen LogP contribution >= 0.6 is 11.6 Å². The van der Waals surface area contributed by atoms with Crippen molar-refractivity contribution in [3.63, 3.8) is 0 Å². The highest BCUT2D eigenvalue weighted by atomic mass is 35.5. The molecule has 1 saturated heterocycles. The molecule has 2 heterocycles. The van der Waals surface area contributed by atoms with Crippen LogP contribution < -0.4 is 5.32 Å². The predicted molar refractivity (Wildman–Crippen MR) is 73.2 cm³/mol. The molecule has 1 aromatic heterocycles. The summed E-state index contributed by atoms with van der Waals surface area (Å²) in [6, 6.07) is 4.92. The largest absolute Gasteiger partial charge is 0.339 e. The quantitative estimate of drug-likeness (QED) is 0.942. The fourth-order valence-electron chi connectivity index (χ4n) is 2.44. The highest BCUT2D eigenvalue weighted by Crippen LogP contribution is 2.20. The topological polar surface area (TPSA) is 51.0 Å². The number of hydrogen-bond donors (Lipinski definition) is 1. The Hall–Kier alpha value is -1.46. The monoisotopic (exact) mass is 295 g/mol. The fourth-order valence-corrected chi connectivity index (χ4v) is 2.63. The maximum absolute atomic E-state index is 13.8. The summed E-state index contributed by atoms with van der Waals surface area (Å²) in [5.41, 5.74) is 0.479. The Morgan fingerprint density at radius 3 is 3.15 bits per heavy atom. The summed E-state index contributed by atoms with van der Waals surface area (Å²) in [6.45, 7) is 2.03. The summed E-state index contributed by atoms with van der Waals surface area (Å²) < 4.78 is 19.0. The molecule has 106 valence electrons. The zero-order chi connectivity index (χ0) is 13.9. The van der Waals surface area contributed by atoms with E-state index in [1.54, 1.807) is 12.1 Å². The van der Waals surface area contributed by atoms with Gasteiger partial charge >= 0.3 is 0 Å². The predicted octanol–water partition coefficient (Wildman–Crippen LogP) is 2.60. The van der Waals surface area contributed by atoms with Gasteiger partial charge in [-0.25, -0.2) is 4.39 Å². The number of nitrogens with one attached hydrogen (secondary N) is 1. The second-order valence-corrected chi connectivity index (χ2v) is 5.46. The third-order valence-corrected chi connectivity index (χ3v) is 3.81. The van der Waals surface area contributed by atoms with Crippen LogP contribution in [0.4, 0.5) is 4.39 Å². The van der Waals surface area contributed by atoms with Crippen molar-refractivity contribution in [2.45, 2.75) is 19.3 Å². The molecule has 20 heavy (non-hydrogen) atoms. The summed E-state index contributed by atoms with van der Waals surface area (Å²) in [6.07, 6.45) is 2.19. The number of aromatic nitrogens is 2. The van der Waals surface area contributed by atoms with Crippen molar-refractivity contribution in [1.82, 2.24) is 15.5 Å². The van der Waals surface area contributed by atoms with Crippen molar-refractivity contribution in [3.05, 3.63) is 46.3 Å². The molecule has 0 bridgehead atoms. The molecule has 1 aliphatic rings. The zero-order valence-corrected chi connectivity index (χ0v) is 11.7. The number of rotatable bonds is 4. The van der Waals surface area contributed by atoms with Gasteiger partial charge in [-0.05, 0) is 37.1 Å². The first-order valence-corrected chi connectivity index (χ1v) is 7.05. The Labute approximate surface area is 121 Å². The van der Waals surface area contributed by atoms with Crippen molar-refractivity contribution in [2.75, 3.05) is 13.1 Å². The van der Waals surface area contributed by atoms with Crippen molar-refractivity contribution in [3.8, 4) is 0 Å². The van der Waals surface area contributed by atoms with Crippen LogP contribution in [0.2, 0.25) is 5.02 Å². The molecule has 6 heteroatoms. The van der Waals surface area contributed by atoms with E-state index in [0.717, 1.165) is 25.9 Å². The van der Waals surface area contributed by atoms with Crippen LogP contribution in [-0.2, 0) is 12.8 Å². The minimum atomic E-state index is -0.416. The van der Waals surface area contributed by atoms with Gasteiger partial charge in [0.25, 0.3) is 0 Å². The summed E-state index contributed by atoms with van der Waals surface area (Å²) in [7, 11) is 0. The molecule has 1 N–H and O–H groups in total. The van der Waals surface area contributed by atoms with E-state index in [-0.39, 0.29) is 5.02 Å². The molecule has 1 fully saturated rings. The molecule has 0 aliphatic carbocycles. The summed E-state index contributed by atoms with van der Waals surface area (Å²) in [4.78, 5) is 4.32. The Bertz CT molecular complexity index is 596. The Morgan fingerprint density at radius 2 is 2.35 bits per heavy atom. The molecule has 0 amide bonds. The molecule has 0 spiro atoms. The maximum atomic E-state index is 13.8. The average Bonchev–Trinajstić information content (AvgIpc) is 3.08. The van der Waals surface area contributed by atoms with Gasteiger partial charge in [-0.3, -0.25) is 0 Å². The molecule has 1 aliphatic heterocycles. The molecular formula is C14H15ClFN3O. The van der Waals surface area contributed by atoms with Crippen molar-refractivity contribution >= 4 is 11.6 Å². The van der Waals surface area contributed by atoms with Gasteiger partial charge in [0.15, 0.2) is 5.82 Å². The van der Waals surface area contributed by atoms with E-state index < -0.39 is 5.82 Å². The molecule has 0 radical (unpaired) electrons. The van der Waals surface area contributed by atoms with E-state index in [1.165, 1.54) is 6.07 Å². The number of benzene rings is 1. The molecule has 0 saturated carbocycles. The first kappa shape index (κ1) is 13.5. The zero-order valence-electron chi connectivity index (χ0n) is 10.9. The van der Waals surface area contributed by atoms with E-state index in [2.05, 4.69) is 15.5 Å². The number of nitrogens with zero attached hydrogens (tertiary/aromatic N) is 2. The first-order valence-electron chi connectivity index (χ1n) is 6.67. The van der Waals surface area contributed by atoms with Crippen molar-refractivity contribution in [1.29, 1.82) is 0 Å². The Balaban J connectivity index is 1.68. The van der Waals surface area contributed by atoms with Crippen molar-refractivity contribution < 1.29 is 8.91 Å². The van der Waals surface area contributed by atoms with Gasteiger partial charge in [0.1, 0.15) is 5.82 Å². The normalized spacial score (nSPS) is 18.6. The van der Waals surface area contributed by atoms with Crippen LogP contribution in [0.25, 0.3) is 0 Å². The molecule has 2 aromatic rings. The van der Waals surface area contributed by atoms with Crippen LogP contribution in [-0.4, -0.2) is 23.2 Å². The van der Waals surface area contributed by atoms with E-state index in [1.807, 2.05) is 0 Å². The Kier molecular flexibility index (Phi) is 3.98. The minimum absolute atomic E-state index is 0.114. The summed E-state index contributed by atoms with van der Waals surface area (Å²) in [5, 5.41) is 7.32. The maximum Gasteiger partial charge on any atom is 0.226 e. The lowest BCUT2D eigenvalue weighted by Crippen LogP contribution is -2.10. The molecular weight excluding hydrogens is 281 g/mol. The van der Waals surface area contributed by atoms with Gasteiger partial charge in [0, 0.05) is 12.8 Å². The smallest absolute Gasteiger partial charge is 0.226 e. The standard InChI is InChI=1S/C14H15ClFN3O/c15-11-3-1-2-10(14(11)16)7-12-18-13(20-19-12)6-9-4-5-17-8-9/h1-3,9,17H,4-8H2. The lowest BCUT2D eigenvalue weighted by molar-refractivity contribution is 0.354. The molecule has 1 atom stereocenters. The van der Waals surface area contributed by atoms with Gasteiger partial charge in [-0.15, -0.1) is 0 Å². The van der Waals surface area contributed by atoms with Crippen LogP contribution in [0, 0.1) is 11.7 Å². The fraction of sp³-hybridized carbons (Fsp3) is 0.429. The summed E-state index contributed by atoms with van der Waals surface area (Å²) in [5.74, 6) is 1.25. The average molecular weight is 296 g/mol. The second-order valence-electron chi connectivity index (χ2n) is 5.06. The number of halogens is 2. The van der Waals surface area contributed by atoms with Crippen LogP contribution in [0.15, 0.2) is 22.7 Å². The summed E-state index contributed by atoms with van der Waals surface area (Å²) >= 11 is 5.75. The highest BCUT2D eigenvalue weighted by molar-refractivity contribution is 6.30. The minimum Gasteiger partial charge on any atom is -0.339 e. The third-order valence-electron chi connectivity index (χ3n) is 3.52. The van der Waals surface area contributed by atoms with E-state index in [0.29, 0.717) is 29.6 Å². The van der Waals surface area contributed by atoms with Gasteiger partial charge in [-0.2, -0.15) is 4.98 Å². The lowest BCUT2D eigenvalue weighted by atomic mass is 10.1. The van der Waals surface area contributed by atoms with Crippen molar-refractivity contribution in [2.24, 2.45) is 5.92 Å². The van der Waals surface area contributed by atoms with Crippen LogP contribution in [0.1, 0.15) is 23.7 Å². The highest BCUT2D eigenvalue weighted by Gasteiger charge is 2.19. The van der Waals surface area contributed by atoms with Gasteiger partial charge in [-0.1, -0.05) is 28.9 Å². The van der Waals surface area contributed by atoms with Gasteiger partial charge in [0.05, 0.1) is 5.02 Å². The Morgan fingerprint density at radius 1 is 1.45 bits per heavy atom. The van der Waals surface area contributed by atoms with Crippen LogP contribution in [0.3, 0.4) is 0 Å².